The number of hydrogen-bond donors (Lipinski definition) is 1. The molecule has 0 spiro atoms. The van der Waals surface area contributed by atoms with Gasteiger partial charge in [0.1, 0.15) is 5.56 Å². The number of carbonyl (C=O) groups excluding carboxylic acids is 1. The first kappa shape index (κ1) is 11.6. The SMILES string of the molecule is CCOC(=O)c1c2c(n[nH]c1=O)-c1ccccc1C2. The third-order valence-corrected chi connectivity index (χ3v) is 3.20. The average molecular weight is 256 g/mol. The second-order valence-corrected chi connectivity index (χ2v) is 4.31. The molecule has 3 rings (SSSR count). The lowest BCUT2D eigenvalue weighted by atomic mass is 10.1. The summed E-state index contributed by atoms with van der Waals surface area (Å²) in [4.78, 5) is 23.7. The Balaban J connectivity index is 2.20. The van der Waals surface area contributed by atoms with Crippen molar-refractivity contribution in [3.8, 4) is 11.3 Å². The molecule has 0 amide bonds. The largest absolute Gasteiger partial charge is 0.462 e. The zero-order valence-corrected chi connectivity index (χ0v) is 10.4. The number of aromatic amines is 1. The molecule has 0 atom stereocenters. The van der Waals surface area contributed by atoms with Crippen molar-refractivity contribution in [3.63, 3.8) is 0 Å². The summed E-state index contributed by atoms with van der Waals surface area (Å²) in [5, 5.41) is 6.43. The van der Waals surface area contributed by atoms with Gasteiger partial charge in [-0.05, 0) is 12.5 Å². The van der Waals surface area contributed by atoms with Crippen molar-refractivity contribution in [3.05, 3.63) is 51.3 Å². The summed E-state index contributed by atoms with van der Waals surface area (Å²) >= 11 is 0. The Hall–Kier alpha value is -2.43. The predicted molar refractivity (Wildman–Crippen MR) is 69.1 cm³/mol. The molecule has 96 valence electrons. The van der Waals surface area contributed by atoms with Gasteiger partial charge < -0.3 is 4.74 Å². The van der Waals surface area contributed by atoms with E-state index in [0.29, 0.717) is 17.7 Å². The summed E-state index contributed by atoms with van der Waals surface area (Å²) in [5.74, 6) is -0.588. The third kappa shape index (κ3) is 1.74. The van der Waals surface area contributed by atoms with Crippen LogP contribution in [-0.2, 0) is 11.2 Å². The molecule has 0 fully saturated rings. The number of H-pyrrole nitrogens is 1. The van der Waals surface area contributed by atoms with Gasteiger partial charge >= 0.3 is 5.97 Å². The van der Waals surface area contributed by atoms with Crippen molar-refractivity contribution < 1.29 is 9.53 Å². The minimum absolute atomic E-state index is 0.0723. The normalized spacial score (nSPS) is 11.8. The van der Waals surface area contributed by atoms with Crippen molar-refractivity contribution in [2.45, 2.75) is 13.3 Å². The van der Waals surface area contributed by atoms with Gasteiger partial charge in [-0.3, -0.25) is 4.79 Å². The number of nitrogens with one attached hydrogen (secondary N) is 1. The van der Waals surface area contributed by atoms with E-state index in [1.54, 1.807) is 6.92 Å². The van der Waals surface area contributed by atoms with E-state index in [9.17, 15) is 9.59 Å². The summed E-state index contributed by atoms with van der Waals surface area (Å²) in [6.45, 7) is 1.95. The first-order chi connectivity index (χ1) is 9.22. The number of carbonyl (C=O) groups is 1. The average Bonchev–Trinajstić information content (AvgIpc) is 2.76. The lowest BCUT2D eigenvalue weighted by molar-refractivity contribution is 0.0523. The highest BCUT2D eigenvalue weighted by Crippen LogP contribution is 2.35. The van der Waals surface area contributed by atoms with Crippen LogP contribution in [0.15, 0.2) is 29.1 Å². The van der Waals surface area contributed by atoms with Gasteiger partial charge in [-0.15, -0.1) is 0 Å². The van der Waals surface area contributed by atoms with Gasteiger partial charge in [-0.1, -0.05) is 24.3 Å². The maximum atomic E-state index is 11.9. The molecule has 0 saturated heterocycles. The van der Waals surface area contributed by atoms with Gasteiger partial charge in [0.2, 0.25) is 0 Å². The van der Waals surface area contributed by atoms with E-state index in [1.807, 2.05) is 24.3 Å². The topological polar surface area (TPSA) is 72.0 Å². The summed E-state index contributed by atoms with van der Waals surface area (Å²) in [7, 11) is 0. The van der Waals surface area contributed by atoms with Gasteiger partial charge in [-0.25, -0.2) is 9.89 Å². The maximum absolute atomic E-state index is 11.9. The molecule has 1 N–H and O–H groups in total. The molecule has 1 aromatic heterocycles. The highest BCUT2D eigenvalue weighted by Gasteiger charge is 2.28. The number of fused-ring (bicyclic) bond motifs is 3. The molecule has 0 radical (unpaired) electrons. The maximum Gasteiger partial charge on any atom is 0.344 e. The van der Waals surface area contributed by atoms with Gasteiger partial charge in [0.05, 0.1) is 12.3 Å². The van der Waals surface area contributed by atoms with E-state index in [2.05, 4.69) is 10.2 Å². The molecular weight excluding hydrogens is 244 g/mol. The Morgan fingerprint density at radius 2 is 2.21 bits per heavy atom. The molecular formula is C14H12N2O3. The molecule has 19 heavy (non-hydrogen) atoms. The molecule has 0 aliphatic heterocycles. The van der Waals surface area contributed by atoms with Gasteiger partial charge in [0, 0.05) is 17.5 Å². The zero-order chi connectivity index (χ0) is 13.4. The Labute approximate surface area is 109 Å². The minimum Gasteiger partial charge on any atom is -0.462 e. The number of hydrogen-bond acceptors (Lipinski definition) is 4. The van der Waals surface area contributed by atoms with E-state index in [4.69, 9.17) is 4.74 Å². The summed E-state index contributed by atoms with van der Waals surface area (Å²) in [5.41, 5.74) is 2.92. The Bertz CT molecular complexity index is 719. The number of esters is 1. The monoisotopic (exact) mass is 256 g/mol. The van der Waals surface area contributed by atoms with Crippen molar-refractivity contribution in [2.24, 2.45) is 0 Å². The van der Waals surface area contributed by atoms with Crippen molar-refractivity contribution in [1.29, 1.82) is 0 Å². The van der Waals surface area contributed by atoms with Crippen LogP contribution in [0.3, 0.4) is 0 Å². The molecule has 1 aliphatic rings. The lowest BCUT2D eigenvalue weighted by Crippen LogP contribution is -2.23. The highest BCUT2D eigenvalue weighted by molar-refractivity contribution is 5.94. The number of nitrogens with zero attached hydrogens (tertiary/aromatic N) is 1. The van der Waals surface area contributed by atoms with Crippen LogP contribution in [-0.4, -0.2) is 22.8 Å². The quantitative estimate of drug-likeness (QED) is 0.705. The van der Waals surface area contributed by atoms with Crippen LogP contribution in [0.5, 0.6) is 0 Å². The third-order valence-electron chi connectivity index (χ3n) is 3.20. The number of benzene rings is 1. The van der Waals surface area contributed by atoms with Crippen molar-refractivity contribution in [1.82, 2.24) is 10.2 Å². The summed E-state index contributed by atoms with van der Waals surface area (Å²) in [6, 6.07) is 7.74. The highest BCUT2D eigenvalue weighted by atomic mass is 16.5. The second-order valence-electron chi connectivity index (χ2n) is 4.31. The van der Waals surface area contributed by atoms with E-state index in [1.165, 1.54) is 0 Å². The fourth-order valence-corrected chi connectivity index (χ4v) is 2.40. The van der Waals surface area contributed by atoms with E-state index in [-0.39, 0.29) is 12.2 Å². The fourth-order valence-electron chi connectivity index (χ4n) is 2.40. The number of ether oxygens (including phenoxy) is 1. The standard InChI is InChI=1S/C14H12N2O3/c1-2-19-14(18)11-10-7-8-5-3-4-6-9(8)12(10)15-16-13(11)17/h3-6H,2,7H2,1H3,(H,16,17). The van der Waals surface area contributed by atoms with Gasteiger partial charge in [-0.2, -0.15) is 5.10 Å². The molecule has 2 aromatic rings. The van der Waals surface area contributed by atoms with Crippen LogP contribution in [0.1, 0.15) is 28.4 Å². The fraction of sp³-hybridized carbons (Fsp3) is 0.214. The molecule has 5 nitrogen and oxygen atoms in total. The van der Waals surface area contributed by atoms with Crippen molar-refractivity contribution in [2.75, 3.05) is 6.61 Å². The van der Waals surface area contributed by atoms with E-state index in [0.717, 1.165) is 11.1 Å². The van der Waals surface area contributed by atoms with Gasteiger partial charge in [0.15, 0.2) is 0 Å². The Kier molecular flexibility index (Phi) is 2.67. The zero-order valence-electron chi connectivity index (χ0n) is 10.4. The van der Waals surface area contributed by atoms with Crippen LogP contribution in [0.25, 0.3) is 11.3 Å². The minimum atomic E-state index is -0.588. The molecule has 1 aromatic carbocycles. The second kappa shape index (κ2) is 4.35. The molecule has 0 unspecified atom stereocenters. The molecule has 1 heterocycles. The Morgan fingerprint density at radius 1 is 1.42 bits per heavy atom. The Morgan fingerprint density at radius 3 is 3.00 bits per heavy atom. The molecule has 0 bridgehead atoms. The van der Waals surface area contributed by atoms with Gasteiger partial charge in [0.25, 0.3) is 5.56 Å². The smallest absolute Gasteiger partial charge is 0.344 e. The molecule has 1 aliphatic carbocycles. The van der Waals surface area contributed by atoms with Crippen LogP contribution in [0, 0.1) is 0 Å². The lowest BCUT2D eigenvalue weighted by Gasteiger charge is -2.05. The van der Waals surface area contributed by atoms with E-state index < -0.39 is 11.5 Å². The predicted octanol–water partition coefficient (Wildman–Crippen LogP) is 1.52. The van der Waals surface area contributed by atoms with Crippen LogP contribution >= 0.6 is 0 Å². The van der Waals surface area contributed by atoms with Crippen LogP contribution < -0.4 is 5.56 Å². The summed E-state index contributed by atoms with van der Waals surface area (Å²) in [6.07, 6.45) is 0.538. The summed E-state index contributed by atoms with van der Waals surface area (Å²) < 4.78 is 4.95. The molecule has 5 heteroatoms. The first-order valence-corrected chi connectivity index (χ1v) is 6.09. The van der Waals surface area contributed by atoms with Crippen LogP contribution in [0.2, 0.25) is 0 Å². The van der Waals surface area contributed by atoms with E-state index >= 15 is 0 Å². The number of aromatic nitrogens is 2. The molecule has 0 saturated carbocycles. The first-order valence-electron chi connectivity index (χ1n) is 6.09. The van der Waals surface area contributed by atoms with Crippen LogP contribution in [0.4, 0.5) is 0 Å². The van der Waals surface area contributed by atoms with Crippen molar-refractivity contribution >= 4 is 5.97 Å². The number of rotatable bonds is 2.